The van der Waals surface area contributed by atoms with Gasteiger partial charge in [-0.05, 0) is 57.3 Å². The second-order valence-electron chi connectivity index (χ2n) is 12.1. The highest BCUT2D eigenvalue weighted by atomic mass is 32.1. The summed E-state index contributed by atoms with van der Waals surface area (Å²) in [6.07, 6.45) is 0. The largest absolute Gasteiger partial charge is 0.456 e. The number of rotatable bonds is 4. The molecule has 0 bridgehead atoms. The molecular formula is C44H26N2OS. The van der Waals surface area contributed by atoms with Gasteiger partial charge in [-0.25, -0.2) is 9.97 Å². The summed E-state index contributed by atoms with van der Waals surface area (Å²) in [6, 6.07) is 55.4. The maximum Gasteiger partial charge on any atom is 0.161 e. The van der Waals surface area contributed by atoms with Gasteiger partial charge in [0.05, 0.1) is 15.9 Å². The Morgan fingerprint density at radius 2 is 1.17 bits per heavy atom. The van der Waals surface area contributed by atoms with Crippen molar-refractivity contribution in [1.82, 2.24) is 9.97 Å². The molecule has 0 fully saturated rings. The van der Waals surface area contributed by atoms with E-state index >= 15 is 0 Å². The van der Waals surface area contributed by atoms with Gasteiger partial charge in [-0.3, -0.25) is 0 Å². The van der Waals surface area contributed by atoms with E-state index in [1.54, 1.807) is 11.3 Å². The molecule has 3 aromatic heterocycles. The molecule has 48 heavy (non-hydrogen) atoms. The van der Waals surface area contributed by atoms with E-state index in [0.717, 1.165) is 71.1 Å². The molecule has 0 unspecified atom stereocenters. The van der Waals surface area contributed by atoms with E-state index in [0.29, 0.717) is 5.82 Å². The normalized spacial score (nSPS) is 11.8. The minimum atomic E-state index is 0.688. The van der Waals surface area contributed by atoms with Crippen molar-refractivity contribution < 1.29 is 4.42 Å². The van der Waals surface area contributed by atoms with Crippen LogP contribution in [-0.2, 0) is 0 Å². The Morgan fingerprint density at radius 3 is 2.08 bits per heavy atom. The van der Waals surface area contributed by atoms with Crippen molar-refractivity contribution in [3.63, 3.8) is 0 Å². The second kappa shape index (κ2) is 10.7. The number of fused-ring (bicyclic) bond motifs is 7. The van der Waals surface area contributed by atoms with Crippen molar-refractivity contribution >= 4 is 64.4 Å². The Balaban J connectivity index is 1.26. The smallest absolute Gasteiger partial charge is 0.161 e. The van der Waals surface area contributed by atoms with E-state index in [9.17, 15) is 0 Å². The Bertz CT molecular complexity index is 2840. The topological polar surface area (TPSA) is 38.9 Å². The van der Waals surface area contributed by atoms with Crippen LogP contribution < -0.4 is 0 Å². The molecule has 3 heterocycles. The molecule has 10 rings (SSSR count). The summed E-state index contributed by atoms with van der Waals surface area (Å²) in [7, 11) is 0. The third kappa shape index (κ3) is 4.20. The van der Waals surface area contributed by atoms with Gasteiger partial charge in [0.15, 0.2) is 5.82 Å². The fourth-order valence-electron chi connectivity index (χ4n) is 7.11. The van der Waals surface area contributed by atoms with Crippen LogP contribution in [0.25, 0.3) is 97.9 Å². The van der Waals surface area contributed by atoms with Crippen LogP contribution in [0.4, 0.5) is 0 Å². The molecule has 3 nitrogen and oxygen atoms in total. The highest BCUT2D eigenvalue weighted by molar-refractivity contribution is 7.26. The number of hydrogen-bond acceptors (Lipinski definition) is 4. The van der Waals surface area contributed by atoms with E-state index in [-0.39, 0.29) is 0 Å². The van der Waals surface area contributed by atoms with Gasteiger partial charge in [0, 0.05) is 32.0 Å². The molecule has 10 aromatic rings. The lowest BCUT2D eigenvalue weighted by Gasteiger charge is -2.12. The zero-order valence-corrected chi connectivity index (χ0v) is 26.5. The van der Waals surface area contributed by atoms with Crippen molar-refractivity contribution in [3.8, 4) is 44.9 Å². The predicted octanol–water partition coefficient (Wildman–Crippen LogP) is 12.6. The first kappa shape index (κ1) is 27.1. The third-order valence-electron chi connectivity index (χ3n) is 9.32. The van der Waals surface area contributed by atoms with E-state index in [1.807, 2.05) is 12.1 Å². The molecule has 0 saturated carbocycles. The van der Waals surface area contributed by atoms with Crippen LogP contribution in [0.3, 0.4) is 0 Å². The Morgan fingerprint density at radius 1 is 0.458 bits per heavy atom. The van der Waals surface area contributed by atoms with Crippen LogP contribution in [0, 0.1) is 0 Å². The van der Waals surface area contributed by atoms with Gasteiger partial charge < -0.3 is 4.42 Å². The molecule has 0 aliphatic heterocycles. The molecule has 224 valence electrons. The number of benzene rings is 7. The number of aromatic nitrogens is 2. The summed E-state index contributed by atoms with van der Waals surface area (Å²) in [5.74, 6) is 0.688. The second-order valence-corrected chi connectivity index (χ2v) is 13.2. The van der Waals surface area contributed by atoms with Gasteiger partial charge in [-0.1, -0.05) is 133 Å². The van der Waals surface area contributed by atoms with Crippen molar-refractivity contribution in [2.45, 2.75) is 0 Å². The SMILES string of the molecule is c1ccc(-c2ccccc2-c2nc(-c3cccc4oc5ccc(-c6cccc7ccccc67)cc5c34)nc3c2sc2ccccc23)cc1. The summed E-state index contributed by atoms with van der Waals surface area (Å²) >= 11 is 1.76. The van der Waals surface area contributed by atoms with Gasteiger partial charge in [-0.15, -0.1) is 11.3 Å². The van der Waals surface area contributed by atoms with Gasteiger partial charge in [0.25, 0.3) is 0 Å². The quantitative estimate of drug-likeness (QED) is 0.194. The van der Waals surface area contributed by atoms with Gasteiger partial charge >= 0.3 is 0 Å². The number of thiophene rings is 1. The van der Waals surface area contributed by atoms with Gasteiger partial charge in [0.1, 0.15) is 11.2 Å². The van der Waals surface area contributed by atoms with Crippen molar-refractivity contribution in [2.75, 3.05) is 0 Å². The number of hydrogen-bond donors (Lipinski definition) is 0. The molecule has 4 heteroatoms. The van der Waals surface area contributed by atoms with Crippen molar-refractivity contribution in [1.29, 1.82) is 0 Å². The number of nitrogens with zero attached hydrogens (tertiary/aromatic N) is 2. The minimum Gasteiger partial charge on any atom is -0.456 e. The van der Waals surface area contributed by atoms with E-state index in [4.69, 9.17) is 14.4 Å². The molecule has 0 atom stereocenters. The zero-order chi connectivity index (χ0) is 31.6. The zero-order valence-electron chi connectivity index (χ0n) is 25.7. The lowest BCUT2D eigenvalue weighted by molar-refractivity contribution is 0.669. The molecule has 7 aromatic carbocycles. The summed E-state index contributed by atoms with van der Waals surface area (Å²) in [5.41, 5.74) is 10.3. The van der Waals surface area contributed by atoms with Crippen molar-refractivity contribution in [3.05, 3.63) is 158 Å². The predicted molar refractivity (Wildman–Crippen MR) is 201 cm³/mol. The van der Waals surface area contributed by atoms with Crippen molar-refractivity contribution in [2.24, 2.45) is 0 Å². The summed E-state index contributed by atoms with van der Waals surface area (Å²) in [4.78, 5) is 10.8. The first-order valence-electron chi connectivity index (χ1n) is 16.1. The van der Waals surface area contributed by atoms with E-state index in [2.05, 4.69) is 146 Å². The van der Waals surface area contributed by atoms with Crippen LogP contribution in [0.2, 0.25) is 0 Å². The van der Waals surface area contributed by atoms with Gasteiger partial charge in [0.2, 0.25) is 0 Å². The fourth-order valence-corrected chi connectivity index (χ4v) is 8.26. The average Bonchev–Trinajstić information content (AvgIpc) is 3.73. The van der Waals surface area contributed by atoms with Crippen LogP contribution in [0.1, 0.15) is 0 Å². The molecule has 0 radical (unpaired) electrons. The van der Waals surface area contributed by atoms with Gasteiger partial charge in [-0.2, -0.15) is 0 Å². The number of furan rings is 1. The molecule has 0 N–H and O–H groups in total. The van der Waals surface area contributed by atoms with Crippen LogP contribution in [0.5, 0.6) is 0 Å². The Kier molecular flexibility index (Phi) is 6.05. The minimum absolute atomic E-state index is 0.688. The summed E-state index contributed by atoms with van der Waals surface area (Å²) in [6.45, 7) is 0. The molecular weight excluding hydrogens is 605 g/mol. The van der Waals surface area contributed by atoms with Crippen LogP contribution >= 0.6 is 11.3 Å². The lowest BCUT2D eigenvalue weighted by atomic mass is 9.96. The highest BCUT2D eigenvalue weighted by Gasteiger charge is 2.21. The average molecular weight is 631 g/mol. The van der Waals surface area contributed by atoms with E-state index < -0.39 is 0 Å². The standard InChI is InChI=1S/C44H26N2OS/c1-2-12-27(13-3-1)31-17-6-7-18-33(31)41-43-42(34-19-8-9-23-39(34)48-43)46-44(45-41)35-21-11-22-38-40(35)36-26-29(24-25-37(36)47-38)32-20-10-15-28-14-4-5-16-30(28)32/h1-26H. The Hall–Kier alpha value is -6.10. The molecule has 0 amide bonds. The molecule has 0 aliphatic carbocycles. The molecule has 0 aliphatic rings. The third-order valence-corrected chi connectivity index (χ3v) is 10.5. The van der Waals surface area contributed by atoms with E-state index in [1.165, 1.54) is 21.0 Å². The first-order chi connectivity index (χ1) is 23.8. The van der Waals surface area contributed by atoms with Crippen LogP contribution in [0.15, 0.2) is 162 Å². The summed E-state index contributed by atoms with van der Waals surface area (Å²) < 4.78 is 8.76. The van der Waals surface area contributed by atoms with Crippen LogP contribution in [-0.4, -0.2) is 9.97 Å². The fraction of sp³-hybridized carbons (Fsp3) is 0. The maximum absolute atomic E-state index is 6.47. The Labute approximate surface area is 280 Å². The first-order valence-corrected chi connectivity index (χ1v) is 16.9. The summed E-state index contributed by atoms with van der Waals surface area (Å²) in [5, 5.41) is 5.67. The molecule has 0 saturated heterocycles. The molecule has 0 spiro atoms. The monoisotopic (exact) mass is 630 g/mol. The lowest BCUT2D eigenvalue weighted by Crippen LogP contribution is -1.95. The maximum atomic E-state index is 6.47. The highest BCUT2D eigenvalue weighted by Crippen LogP contribution is 2.44.